The highest BCUT2D eigenvalue weighted by Gasteiger charge is 2.13. The van der Waals surface area contributed by atoms with Crippen LogP contribution in [0.5, 0.6) is 5.75 Å². The predicted octanol–water partition coefficient (Wildman–Crippen LogP) is 4.19. The van der Waals surface area contributed by atoms with Crippen LogP contribution in [0.2, 0.25) is 5.02 Å². The molecule has 122 valence electrons. The average Bonchev–Trinajstić information content (AvgIpc) is 3.02. The van der Waals surface area contributed by atoms with Gasteiger partial charge in [0.1, 0.15) is 5.75 Å². The lowest BCUT2D eigenvalue weighted by molar-refractivity contribution is -0.385. The summed E-state index contributed by atoms with van der Waals surface area (Å²) in [6.45, 7) is 1.70. The molecule has 0 bridgehead atoms. The van der Waals surface area contributed by atoms with Crippen molar-refractivity contribution in [2.45, 2.75) is 13.5 Å². The van der Waals surface area contributed by atoms with Crippen LogP contribution in [-0.4, -0.2) is 15.1 Å². The van der Waals surface area contributed by atoms with Gasteiger partial charge in [-0.15, -0.1) is 10.2 Å². The SMILES string of the molecule is Cc1cc(OCc2nnc(-c3ccccc3Cl)o2)ccc1[N+](=O)[O-]. The van der Waals surface area contributed by atoms with Crippen molar-refractivity contribution < 1.29 is 14.1 Å². The van der Waals surface area contributed by atoms with Gasteiger partial charge in [0.05, 0.1) is 15.5 Å². The van der Waals surface area contributed by atoms with Crippen LogP contribution in [0.25, 0.3) is 11.5 Å². The molecule has 7 nitrogen and oxygen atoms in total. The maximum absolute atomic E-state index is 10.8. The topological polar surface area (TPSA) is 91.3 Å². The third-order valence-electron chi connectivity index (χ3n) is 3.30. The smallest absolute Gasteiger partial charge is 0.272 e. The number of nitrogens with zero attached hydrogens (tertiary/aromatic N) is 3. The largest absolute Gasteiger partial charge is 0.484 e. The summed E-state index contributed by atoms with van der Waals surface area (Å²) in [6.07, 6.45) is 0. The van der Waals surface area contributed by atoms with E-state index in [4.69, 9.17) is 20.8 Å². The minimum atomic E-state index is -0.438. The molecule has 1 aromatic heterocycles. The molecule has 0 unspecified atom stereocenters. The molecule has 0 saturated carbocycles. The molecule has 0 aliphatic heterocycles. The zero-order chi connectivity index (χ0) is 17.1. The van der Waals surface area contributed by atoms with Crippen LogP contribution in [0.1, 0.15) is 11.5 Å². The van der Waals surface area contributed by atoms with E-state index in [1.165, 1.54) is 12.1 Å². The lowest BCUT2D eigenvalue weighted by Gasteiger charge is -2.04. The van der Waals surface area contributed by atoms with Gasteiger partial charge in [-0.2, -0.15) is 0 Å². The van der Waals surface area contributed by atoms with Crippen molar-refractivity contribution in [3.63, 3.8) is 0 Å². The van der Waals surface area contributed by atoms with E-state index in [1.54, 1.807) is 25.1 Å². The van der Waals surface area contributed by atoms with Crippen molar-refractivity contribution in [3.8, 4) is 17.2 Å². The number of nitro benzene ring substituents is 1. The third-order valence-corrected chi connectivity index (χ3v) is 3.63. The molecule has 0 aliphatic rings. The number of hydrogen-bond acceptors (Lipinski definition) is 6. The Labute approximate surface area is 142 Å². The number of aryl methyl sites for hydroxylation is 1. The predicted molar refractivity (Wildman–Crippen MR) is 86.9 cm³/mol. The highest BCUT2D eigenvalue weighted by molar-refractivity contribution is 6.33. The number of aromatic nitrogens is 2. The first-order chi connectivity index (χ1) is 11.5. The molecule has 0 atom stereocenters. The Kier molecular flexibility index (Phi) is 4.43. The summed E-state index contributed by atoms with van der Waals surface area (Å²) in [5, 5.41) is 19.2. The molecule has 8 heteroatoms. The lowest BCUT2D eigenvalue weighted by atomic mass is 10.2. The first-order valence-electron chi connectivity index (χ1n) is 6.99. The van der Waals surface area contributed by atoms with Crippen LogP contribution < -0.4 is 4.74 Å². The van der Waals surface area contributed by atoms with Gasteiger partial charge < -0.3 is 9.15 Å². The van der Waals surface area contributed by atoms with Crippen molar-refractivity contribution in [2.75, 3.05) is 0 Å². The minimum Gasteiger partial charge on any atom is -0.484 e. The molecule has 3 rings (SSSR count). The average molecular weight is 346 g/mol. The molecule has 1 heterocycles. The number of rotatable bonds is 5. The Balaban J connectivity index is 1.71. The number of halogens is 1. The summed E-state index contributed by atoms with van der Waals surface area (Å²) >= 11 is 6.08. The number of benzene rings is 2. The normalized spacial score (nSPS) is 10.6. The van der Waals surface area contributed by atoms with E-state index in [0.717, 1.165) is 0 Å². The summed E-state index contributed by atoms with van der Waals surface area (Å²) in [6, 6.07) is 11.6. The van der Waals surface area contributed by atoms with Gasteiger partial charge >= 0.3 is 0 Å². The molecule has 24 heavy (non-hydrogen) atoms. The molecule has 0 amide bonds. The van der Waals surface area contributed by atoms with E-state index < -0.39 is 4.92 Å². The maximum Gasteiger partial charge on any atom is 0.272 e. The summed E-state index contributed by atoms with van der Waals surface area (Å²) in [5.74, 6) is 1.07. The zero-order valence-corrected chi connectivity index (χ0v) is 13.4. The Morgan fingerprint density at radius 3 is 2.75 bits per heavy atom. The fourth-order valence-corrected chi connectivity index (χ4v) is 2.34. The first-order valence-corrected chi connectivity index (χ1v) is 7.37. The summed E-state index contributed by atoms with van der Waals surface area (Å²) < 4.78 is 11.1. The zero-order valence-electron chi connectivity index (χ0n) is 12.6. The van der Waals surface area contributed by atoms with Gasteiger partial charge in [-0.1, -0.05) is 23.7 Å². The molecule has 0 N–H and O–H groups in total. The van der Waals surface area contributed by atoms with Crippen LogP contribution in [-0.2, 0) is 6.61 Å². The van der Waals surface area contributed by atoms with Crippen molar-refractivity contribution in [3.05, 3.63) is 69.1 Å². The van der Waals surface area contributed by atoms with Gasteiger partial charge in [-0.3, -0.25) is 10.1 Å². The molecule has 0 aliphatic carbocycles. The molecular formula is C16H12ClN3O4. The summed E-state index contributed by atoms with van der Waals surface area (Å²) in [7, 11) is 0. The van der Waals surface area contributed by atoms with Gasteiger partial charge in [-0.25, -0.2) is 0 Å². The second-order valence-corrected chi connectivity index (χ2v) is 5.38. The van der Waals surface area contributed by atoms with Crippen molar-refractivity contribution in [1.29, 1.82) is 0 Å². The number of ether oxygens (including phenoxy) is 1. The van der Waals surface area contributed by atoms with Crippen LogP contribution in [0.4, 0.5) is 5.69 Å². The monoisotopic (exact) mass is 345 g/mol. The molecule has 2 aromatic carbocycles. The Bertz CT molecular complexity index is 895. The van der Waals surface area contributed by atoms with E-state index in [2.05, 4.69) is 10.2 Å². The molecular weight excluding hydrogens is 334 g/mol. The van der Waals surface area contributed by atoms with E-state index in [-0.39, 0.29) is 18.2 Å². The van der Waals surface area contributed by atoms with Crippen molar-refractivity contribution in [2.24, 2.45) is 0 Å². The van der Waals surface area contributed by atoms with E-state index in [0.29, 0.717) is 27.8 Å². The van der Waals surface area contributed by atoms with Crippen molar-refractivity contribution >= 4 is 17.3 Å². The third kappa shape index (κ3) is 3.36. The van der Waals surface area contributed by atoms with Crippen molar-refractivity contribution in [1.82, 2.24) is 10.2 Å². The van der Waals surface area contributed by atoms with Gasteiger partial charge in [0, 0.05) is 11.6 Å². The highest BCUT2D eigenvalue weighted by Crippen LogP contribution is 2.27. The molecule has 0 radical (unpaired) electrons. The summed E-state index contributed by atoms with van der Waals surface area (Å²) in [4.78, 5) is 10.4. The van der Waals surface area contributed by atoms with Gasteiger partial charge in [0.2, 0.25) is 5.89 Å². The Hall–Kier alpha value is -2.93. The van der Waals surface area contributed by atoms with Crippen LogP contribution in [0.3, 0.4) is 0 Å². The number of hydrogen-bond donors (Lipinski definition) is 0. The fraction of sp³-hybridized carbons (Fsp3) is 0.125. The Morgan fingerprint density at radius 2 is 2.04 bits per heavy atom. The lowest BCUT2D eigenvalue weighted by Crippen LogP contribution is -1.97. The standard InChI is InChI=1S/C16H12ClN3O4/c1-10-8-11(6-7-14(10)20(21)22)23-9-15-18-19-16(24-15)12-4-2-3-5-13(12)17/h2-8H,9H2,1H3. The highest BCUT2D eigenvalue weighted by atomic mass is 35.5. The second kappa shape index (κ2) is 6.67. The van der Waals surface area contributed by atoms with Gasteiger partial charge in [-0.05, 0) is 31.2 Å². The van der Waals surface area contributed by atoms with Crippen LogP contribution in [0, 0.1) is 17.0 Å². The molecule has 3 aromatic rings. The van der Waals surface area contributed by atoms with Gasteiger partial charge in [0.15, 0.2) is 6.61 Å². The first kappa shape index (κ1) is 15.9. The minimum absolute atomic E-state index is 0.0427. The van der Waals surface area contributed by atoms with E-state index >= 15 is 0 Å². The molecule has 0 fully saturated rings. The van der Waals surface area contributed by atoms with E-state index in [9.17, 15) is 10.1 Å². The molecule has 0 spiro atoms. The number of nitro groups is 1. The van der Waals surface area contributed by atoms with Gasteiger partial charge in [0.25, 0.3) is 11.6 Å². The second-order valence-electron chi connectivity index (χ2n) is 4.97. The quantitative estimate of drug-likeness (QED) is 0.508. The molecule has 0 saturated heterocycles. The fourth-order valence-electron chi connectivity index (χ4n) is 2.12. The van der Waals surface area contributed by atoms with Crippen LogP contribution >= 0.6 is 11.6 Å². The van der Waals surface area contributed by atoms with E-state index in [1.807, 2.05) is 12.1 Å². The Morgan fingerprint density at radius 1 is 1.25 bits per heavy atom. The summed E-state index contributed by atoms with van der Waals surface area (Å²) in [5.41, 5.74) is 1.20. The van der Waals surface area contributed by atoms with Crippen LogP contribution in [0.15, 0.2) is 46.9 Å². The maximum atomic E-state index is 10.8.